The van der Waals surface area contributed by atoms with E-state index in [4.69, 9.17) is 4.74 Å². The van der Waals surface area contributed by atoms with Crippen LogP contribution in [0.3, 0.4) is 0 Å². The molecule has 1 aliphatic carbocycles. The molecule has 0 unspecified atom stereocenters. The minimum Gasteiger partial charge on any atom is -0.496 e. The first kappa shape index (κ1) is 30.6. The number of carbonyl (C=O) groups excluding carboxylic acids is 2. The molecular weight excluding hydrogens is 458 g/mol. The van der Waals surface area contributed by atoms with Gasteiger partial charge in [-0.25, -0.2) is 0 Å². The molecule has 1 amide bonds. The van der Waals surface area contributed by atoms with Gasteiger partial charge in [0, 0.05) is 23.2 Å². The van der Waals surface area contributed by atoms with Crippen molar-refractivity contribution in [3.63, 3.8) is 0 Å². The van der Waals surface area contributed by atoms with Gasteiger partial charge in [0.25, 0.3) is 0 Å². The number of carbonyl (C=O) groups is 2. The minimum atomic E-state index is 0.163. The van der Waals surface area contributed by atoms with E-state index in [2.05, 4.69) is 32.2 Å². The number of hydrogen-bond acceptors (Lipinski definition) is 3. The largest absolute Gasteiger partial charge is 0.496 e. The molecule has 0 atom stereocenters. The van der Waals surface area contributed by atoms with E-state index in [-0.39, 0.29) is 17.6 Å². The van der Waals surface area contributed by atoms with Crippen molar-refractivity contribution in [2.24, 2.45) is 11.8 Å². The summed E-state index contributed by atoms with van der Waals surface area (Å²) >= 11 is 0. The van der Waals surface area contributed by atoms with E-state index in [0.717, 1.165) is 48.6 Å². The molecule has 2 aromatic carbocycles. The Balaban J connectivity index is 0.000000335. The fraction of sp³-hybridized carbons (Fsp3) is 0.576. The average molecular weight is 508 g/mol. The summed E-state index contributed by atoms with van der Waals surface area (Å²) < 4.78 is 5.53. The number of ether oxygens (including phenoxy) is 1. The first-order chi connectivity index (χ1) is 17.8. The Morgan fingerprint density at radius 1 is 0.973 bits per heavy atom. The second kappa shape index (κ2) is 16.3. The quantitative estimate of drug-likeness (QED) is 0.244. The molecule has 0 aromatic heterocycles. The Kier molecular flexibility index (Phi) is 13.5. The predicted octanol–water partition coefficient (Wildman–Crippen LogP) is 8.73. The van der Waals surface area contributed by atoms with Crippen LogP contribution in [0, 0.1) is 18.8 Å². The summed E-state index contributed by atoms with van der Waals surface area (Å²) in [5.41, 5.74) is 5.36. The van der Waals surface area contributed by atoms with Gasteiger partial charge in [0.2, 0.25) is 5.91 Å². The lowest BCUT2D eigenvalue weighted by atomic mass is 9.80. The molecule has 0 aliphatic heterocycles. The summed E-state index contributed by atoms with van der Waals surface area (Å²) in [5, 5.41) is 3.11. The van der Waals surface area contributed by atoms with Crippen LogP contribution in [0.2, 0.25) is 0 Å². The Hall–Kier alpha value is -2.62. The number of nitrogens with one attached hydrogen (secondary N) is 1. The monoisotopic (exact) mass is 507 g/mol. The van der Waals surface area contributed by atoms with Gasteiger partial charge in [-0.15, -0.1) is 0 Å². The van der Waals surface area contributed by atoms with E-state index in [9.17, 15) is 9.59 Å². The SMILES string of the molecule is CCCCCc1ccc(NC(=O)C2CCC(CCC)CC2)cc1OC.CCc1c(C)cccc1C(C)=O. The maximum atomic E-state index is 12.6. The molecule has 37 heavy (non-hydrogen) atoms. The lowest BCUT2D eigenvalue weighted by molar-refractivity contribution is -0.121. The number of benzene rings is 2. The molecule has 3 rings (SSSR count). The summed E-state index contributed by atoms with van der Waals surface area (Å²) in [6.07, 6.45) is 12.6. The summed E-state index contributed by atoms with van der Waals surface area (Å²) in [5.74, 6) is 2.23. The number of Topliss-reactive ketones (excluding diaryl/α,β-unsaturated/α-hetero) is 1. The number of rotatable bonds is 11. The smallest absolute Gasteiger partial charge is 0.227 e. The molecule has 0 heterocycles. The van der Waals surface area contributed by atoms with E-state index < -0.39 is 0 Å². The van der Waals surface area contributed by atoms with Crippen LogP contribution in [0.1, 0.15) is 113 Å². The van der Waals surface area contributed by atoms with Crippen LogP contribution in [0.5, 0.6) is 5.75 Å². The van der Waals surface area contributed by atoms with E-state index in [1.807, 2.05) is 37.3 Å². The first-order valence-electron chi connectivity index (χ1n) is 14.4. The number of methoxy groups -OCH3 is 1. The summed E-state index contributed by atoms with van der Waals surface area (Å²) in [7, 11) is 1.71. The molecule has 4 heteroatoms. The average Bonchev–Trinajstić information content (AvgIpc) is 2.90. The highest BCUT2D eigenvalue weighted by Gasteiger charge is 2.26. The third-order valence-corrected chi connectivity index (χ3v) is 7.66. The lowest BCUT2D eigenvalue weighted by Crippen LogP contribution is -2.27. The molecule has 0 bridgehead atoms. The van der Waals surface area contributed by atoms with Crippen molar-refractivity contribution < 1.29 is 14.3 Å². The normalized spacial score (nSPS) is 16.9. The van der Waals surface area contributed by atoms with Gasteiger partial charge in [0.1, 0.15) is 5.75 Å². The molecule has 0 spiro atoms. The highest BCUT2D eigenvalue weighted by molar-refractivity contribution is 5.95. The van der Waals surface area contributed by atoms with Crippen LogP contribution in [-0.2, 0) is 17.6 Å². The highest BCUT2D eigenvalue weighted by Crippen LogP contribution is 2.33. The zero-order valence-electron chi connectivity index (χ0n) is 24.1. The van der Waals surface area contributed by atoms with Crippen molar-refractivity contribution in [3.8, 4) is 5.75 Å². The molecule has 4 nitrogen and oxygen atoms in total. The van der Waals surface area contributed by atoms with Crippen LogP contribution < -0.4 is 10.1 Å². The number of ketones is 1. The second-order valence-electron chi connectivity index (χ2n) is 10.5. The van der Waals surface area contributed by atoms with Crippen molar-refractivity contribution in [2.75, 3.05) is 12.4 Å². The van der Waals surface area contributed by atoms with E-state index in [1.54, 1.807) is 14.0 Å². The maximum Gasteiger partial charge on any atom is 0.227 e. The van der Waals surface area contributed by atoms with Crippen molar-refractivity contribution in [2.45, 2.75) is 105 Å². The zero-order valence-corrected chi connectivity index (χ0v) is 24.1. The summed E-state index contributed by atoms with van der Waals surface area (Å²) in [4.78, 5) is 23.8. The number of amides is 1. The molecule has 0 radical (unpaired) electrons. The van der Waals surface area contributed by atoms with E-state index >= 15 is 0 Å². The molecular formula is C33H49NO3. The maximum absolute atomic E-state index is 12.6. The molecule has 2 aromatic rings. The second-order valence-corrected chi connectivity index (χ2v) is 10.5. The van der Waals surface area contributed by atoms with Gasteiger partial charge in [-0.2, -0.15) is 0 Å². The van der Waals surface area contributed by atoms with Gasteiger partial charge < -0.3 is 10.1 Å². The first-order valence-corrected chi connectivity index (χ1v) is 14.4. The van der Waals surface area contributed by atoms with Crippen molar-refractivity contribution >= 4 is 17.4 Å². The van der Waals surface area contributed by atoms with Crippen molar-refractivity contribution in [1.82, 2.24) is 0 Å². The number of hydrogen-bond donors (Lipinski definition) is 1. The standard InChI is InChI=1S/C22H35NO2.C11H14O/c1-4-6-7-9-18-14-15-20(16-21(18)25-3)23-22(24)19-12-10-17(8-5-2)11-13-19;1-4-10-8(2)6-5-7-11(10)9(3)12/h14-17,19H,4-13H2,1-3H3,(H,23,24);5-7H,4H2,1-3H3. The van der Waals surface area contributed by atoms with Gasteiger partial charge in [0.15, 0.2) is 5.78 Å². The third-order valence-electron chi connectivity index (χ3n) is 7.66. The zero-order chi connectivity index (χ0) is 27.2. The fourth-order valence-electron chi connectivity index (χ4n) is 5.46. The van der Waals surface area contributed by atoms with Gasteiger partial charge >= 0.3 is 0 Å². The molecule has 1 aliphatic rings. The Bertz CT molecular complexity index is 989. The topological polar surface area (TPSA) is 55.4 Å². The van der Waals surface area contributed by atoms with Gasteiger partial charge in [-0.05, 0) is 87.5 Å². The molecule has 1 N–H and O–H groups in total. The minimum absolute atomic E-state index is 0.163. The van der Waals surface area contributed by atoms with Gasteiger partial charge in [-0.3, -0.25) is 9.59 Å². The van der Waals surface area contributed by atoms with Crippen LogP contribution >= 0.6 is 0 Å². The third kappa shape index (κ3) is 9.64. The molecule has 0 saturated heterocycles. The highest BCUT2D eigenvalue weighted by atomic mass is 16.5. The molecule has 1 fully saturated rings. The van der Waals surface area contributed by atoms with Crippen LogP contribution in [0.25, 0.3) is 0 Å². The Labute approximate surface area is 225 Å². The number of aryl methyl sites for hydroxylation is 2. The van der Waals surface area contributed by atoms with Crippen LogP contribution in [-0.4, -0.2) is 18.8 Å². The van der Waals surface area contributed by atoms with E-state index in [0.29, 0.717) is 0 Å². The summed E-state index contributed by atoms with van der Waals surface area (Å²) in [6, 6.07) is 12.0. The number of unbranched alkanes of at least 4 members (excludes halogenated alkanes) is 2. The lowest BCUT2D eigenvalue weighted by Gasteiger charge is -2.27. The van der Waals surface area contributed by atoms with Crippen molar-refractivity contribution in [1.29, 1.82) is 0 Å². The molecule has 1 saturated carbocycles. The van der Waals surface area contributed by atoms with Crippen molar-refractivity contribution in [3.05, 3.63) is 58.7 Å². The van der Waals surface area contributed by atoms with Gasteiger partial charge in [-0.1, -0.05) is 70.7 Å². The Morgan fingerprint density at radius 2 is 1.70 bits per heavy atom. The van der Waals surface area contributed by atoms with E-state index in [1.165, 1.54) is 61.6 Å². The van der Waals surface area contributed by atoms with Crippen LogP contribution in [0.4, 0.5) is 5.69 Å². The molecule has 204 valence electrons. The predicted molar refractivity (Wildman–Crippen MR) is 156 cm³/mol. The summed E-state index contributed by atoms with van der Waals surface area (Å²) in [6.45, 7) is 10.2. The fourth-order valence-corrected chi connectivity index (χ4v) is 5.46. The Morgan fingerprint density at radius 3 is 2.27 bits per heavy atom. The van der Waals surface area contributed by atoms with Gasteiger partial charge in [0.05, 0.1) is 7.11 Å². The number of anilines is 1. The van der Waals surface area contributed by atoms with Crippen LogP contribution in [0.15, 0.2) is 36.4 Å².